The maximum atomic E-state index is 5.51. The molecule has 0 bridgehead atoms. The van der Waals surface area contributed by atoms with Crippen LogP contribution in [0.5, 0.6) is 0 Å². The van der Waals surface area contributed by atoms with Crippen LogP contribution in [0.4, 0.5) is 5.69 Å². The quantitative estimate of drug-likeness (QED) is 0.883. The van der Waals surface area contributed by atoms with Gasteiger partial charge in [0.05, 0.1) is 0 Å². The summed E-state index contributed by atoms with van der Waals surface area (Å²) in [7, 11) is 0. The number of fused-ring (bicyclic) bond motifs is 1. The molecule has 0 radical (unpaired) electrons. The van der Waals surface area contributed by atoms with Crippen molar-refractivity contribution in [3.63, 3.8) is 0 Å². The van der Waals surface area contributed by atoms with E-state index in [-0.39, 0.29) is 0 Å². The summed E-state index contributed by atoms with van der Waals surface area (Å²) in [4.78, 5) is 0. The third-order valence-corrected chi connectivity index (χ3v) is 3.91. The van der Waals surface area contributed by atoms with Crippen molar-refractivity contribution in [3.05, 3.63) is 65.2 Å². The molecule has 0 saturated heterocycles. The van der Waals surface area contributed by atoms with E-state index < -0.39 is 0 Å². The molecule has 1 aliphatic heterocycles. The molecule has 1 aliphatic rings. The van der Waals surface area contributed by atoms with Crippen molar-refractivity contribution in [2.45, 2.75) is 32.6 Å². The molecule has 2 heteroatoms. The molecular formula is C19H26N2. The lowest BCUT2D eigenvalue weighted by molar-refractivity contribution is 0.638. The number of nitrogens with one attached hydrogen (secondary N) is 1. The summed E-state index contributed by atoms with van der Waals surface area (Å²) in [6, 6.07) is 17.0. The normalized spacial score (nSPS) is 15.7. The van der Waals surface area contributed by atoms with Crippen molar-refractivity contribution in [1.29, 1.82) is 0 Å². The average molecular weight is 282 g/mol. The van der Waals surface area contributed by atoms with Crippen LogP contribution in [0.3, 0.4) is 0 Å². The van der Waals surface area contributed by atoms with E-state index in [4.69, 9.17) is 5.73 Å². The van der Waals surface area contributed by atoms with Gasteiger partial charge < -0.3 is 11.1 Å². The summed E-state index contributed by atoms with van der Waals surface area (Å²) in [5, 5.41) is 3.42. The minimum atomic E-state index is 0.680. The lowest BCUT2D eigenvalue weighted by Gasteiger charge is -2.08. The lowest BCUT2D eigenvalue weighted by atomic mass is 9.96. The smallest absolute Gasteiger partial charge is 0.0376 e. The molecule has 0 fully saturated rings. The van der Waals surface area contributed by atoms with Crippen LogP contribution in [0.1, 0.15) is 35.4 Å². The summed E-state index contributed by atoms with van der Waals surface area (Å²) in [5.41, 5.74) is 10.9. The standard InChI is InChI=1S/C11H16N2.C8H10/c12-7-3-4-9-8-13-11-6-2-1-5-10(9)11;1-7-3-5-8(2)6-4-7/h1-2,5-6,9,13H,3-4,7-8,12H2;3-6H,1-2H3. The minimum Gasteiger partial charge on any atom is -0.384 e. The number of nitrogens with two attached hydrogens (primary N) is 1. The highest BCUT2D eigenvalue weighted by atomic mass is 14.9. The zero-order chi connectivity index (χ0) is 15.1. The number of rotatable bonds is 3. The van der Waals surface area contributed by atoms with Gasteiger partial charge in [0, 0.05) is 18.2 Å². The van der Waals surface area contributed by atoms with E-state index in [0.29, 0.717) is 5.92 Å². The summed E-state index contributed by atoms with van der Waals surface area (Å²) in [5.74, 6) is 0.680. The summed E-state index contributed by atoms with van der Waals surface area (Å²) in [6.07, 6.45) is 2.33. The molecular weight excluding hydrogens is 256 g/mol. The molecule has 112 valence electrons. The Morgan fingerprint density at radius 1 is 1.00 bits per heavy atom. The van der Waals surface area contributed by atoms with Gasteiger partial charge in [-0.1, -0.05) is 53.6 Å². The monoisotopic (exact) mass is 282 g/mol. The van der Waals surface area contributed by atoms with Crippen LogP contribution in [0.25, 0.3) is 0 Å². The predicted molar refractivity (Wildman–Crippen MR) is 91.9 cm³/mol. The van der Waals surface area contributed by atoms with Crippen LogP contribution in [0, 0.1) is 13.8 Å². The van der Waals surface area contributed by atoms with Gasteiger partial charge in [-0.15, -0.1) is 0 Å². The first-order chi connectivity index (χ1) is 10.2. The van der Waals surface area contributed by atoms with Gasteiger partial charge in [0.15, 0.2) is 0 Å². The van der Waals surface area contributed by atoms with Crippen LogP contribution >= 0.6 is 0 Å². The number of anilines is 1. The molecule has 21 heavy (non-hydrogen) atoms. The molecule has 1 heterocycles. The Labute approximate surface area is 128 Å². The van der Waals surface area contributed by atoms with Crippen LogP contribution in [-0.4, -0.2) is 13.1 Å². The molecule has 2 nitrogen and oxygen atoms in total. The van der Waals surface area contributed by atoms with Crippen molar-refractivity contribution in [2.24, 2.45) is 5.73 Å². The fourth-order valence-corrected chi connectivity index (χ4v) is 2.62. The molecule has 3 N–H and O–H groups in total. The Morgan fingerprint density at radius 3 is 2.24 bits per heavy atom. The maximum Gasteiger partial charge on any atom is 0.0376 e. The van der Waals surface area contributed by atoms with Crippen LogP contribution in [0.2, 0.25) is 0 Å². The largest absolute Gasteiger partial charge is 0.384 e. The van der Waals surface area contributed by atoms with E-state index in [2.05, 4.69) is 67.7 Å². The fourth-order valence-electron chi connectivity index (χ4n) is 2.62. The topological polar surface area (TPSA) is 38.0 Å². The van der Waals surface area contributed by atoms with Gasteiger partial charge >= 0.3 is 0 Å². The van der Waals surface area contributed by atoms with Crippen LogP contribution < -0.4 is 11.1 Å². The first-order valence-electron chi connectivity index (χ1n) is 7.77. The third kappa shape index (κ3) is 4.61. The van der Waals surface area contributed by atoms with Gasteiger partial charge in [-0.25, -0.2) is 0 Å². The number of aryl methyl sites for hydroxylation is 2. The fraction of sp³-hybridized carbons (Fsp3) is 0.368. The first-order valence-corrected chi connectivity index (χ1v) is 7.77. The van der Waals surface area contributed by atoms with E-state index in [1.807, 2.05) is 0 Å². The molecule has 0 aliphatic carbocycles. The van der Waals surface area contributed by atoms with Crippen molar-refractivity contribution in [2.75, 3.05) is 18.4 Å². The van der Waals surface area contributed by atoms with Gasteiger partial charge in [-0.3, -0.25) is 0 Å². The van der Waals surface area contributed by atoms with E-state index in [9.17, 15) is 0 Å². The minimum absolute atomic E-state index is 0.680. The molecule has 2 aromatic carbocycles. The Kier molecular flexibility index (Phi) is 5.82. The van der Waals surface area contributed by atoms with Crippen molar-refractivity contribution in [3.8, 4) is 0 Å². The molecule has 0 aromatic heterocycles. The Hall–Kier alpha value is -1.80. The first kappa shape index (κ1) is 15.6. The molecule has 2 aromatic rings. The van der Waals surface area contributed by atoms with E-state index in [0.717, 1.165) is 19.5 Å². The highest BCUT2D eigenvalue weighted by molar-refractivity contribution is 5.57. The Balaban J connectivity index is 0.000000173. The number of benzene rings is 2. The number of hydrogen-bond acceptors (Lipinski definition) is 2. The highest BCUT2D eigenvalue weighted by Crippen LogP contribution is 2.33. The molecule has 1 atom stereocenters. The zero-order valence-electron chi connectivity index (χ0n) is 13.1. The molecule has 0 amide bonds. The number of hydrogen-bond donors (Lipinski definition) is 2. The van der Waals surface area contributed by atoms with Gasteiger partial charge in [-0.05, 0) is 44.9 Å². The Bertz CT molecular complexity index is 525. The van der Waals surface area contributed by atoms with E-state index in [1.54, 1.807) is 0 Å². The van der Waals surface area contributed by atoms with E-state index in [1.165, 1.54) is 28.8 Å². The third-order valence-electron chi connectivity index (χ3n) is 3.91. The van der Waals surface area contributed by atoms with Crippen molar-refractivity contribution >= 4 is 5.69 Å². The maximum absolute atomic E-state index is 5.51. The SMILES string of the molecule is Cc1ccc(C)cc1.NCCCC1CNc2ccccc21. The van der Waals surface area contributed by atoms with Gasteiger partial charge in [0.2, 0.25) is 0 Å². The Morgan fingerprint density at radius 2 is 1.62 bits per heavy atom. The predicted octanol–water partition coefficient (Wildman–Crippen LogP) is 4.24. The van der Waals surface area contributed by atoms with Crippen LogP contribution in [-0.2, 0) is 0 Å². The van der Waals surface area contributed by atoms with Gasteiger partial charge in [0.1, 0.15) is 0 Å². The summed E-state index contributed by atoms with van der Waals surface area (Å²) < 4.78 is 0. The second kappa shape index (κ2) is 7.84. The second-order valence-electron chi connectivity index (χ2n) is 5.75. The lowest BCUT2D eigenvalue weighted by Crippen LogP contribution is -2.05. The molecule has 3 rings (SSSR count). The molecule has 0 saturated carbocycles. The summed E-state index contributed by atoms with van der Waals surface area (Å²) >= 11 is 0. The van der Waals surface area contributed by atoms with E-state index >= 15 is 0 Å². The van der Waals surface area contributed by atoms with Crippen LogP contribution in [0.15, 0.2) is 48.5 Å². The van der Waals surface area contributed by atoms with Gasteiger partial charge in [-0.2, -0.15) is 0 Å². The van der Waals surface area contributed by atoms with Crippen molar-refractivity contribution in [1.82, 2.24) is 0 Å². The summed E-state index contributed by atoms with van der Waals surface area (Å²) in [6.45, 7) is 6.08. The molecule has 1 unspecified atom stereocenters. The van der Waals surface area contributed by atoms with Gasteiger partial charge in [0.25, 0.3) is 0 Å². The molecule has 0 spiro atoms. The highest BCUT2D eigenvalue weighted by Gasteiger charge is 2.20. The second-order valence-corrected chi connectivity index (χ2v) is 5.75. The number of para-hydroxylation sites is 1. The average Bonchev–Trinajstić information content (AvgIpc) is 2.92. The zero-order valence-corrected chi connectivity index (χ0v) is 13.1. The van der Waals surface area contributed by atoms with Crippen molar-refractivity contribution < 1.29 is 0 Å².